The summed E-state index contributed by atoms with van der Waals surface area (Å²) in [5, 5.41) is 0. The van der Waals surface area contributed by atoms with Crippen molar-refractivity contribution < 1.29 is 4.79 Å². The van der Waals surface area contributed by atoms with Crippen molar-refractivity contribution in [3.63, 3.8) is 0 Å². The molecular formula is C21H24N2O. The van der Waals surface area contributed by atoms with Gasteiger partial charge in [0.15, 0.2) is 5.78 Å². The Labute approximate surface area is 143 Å². The highest BCUT2D eigenvalue weighted by Crippen LogP contribution is 2.32. The van der Waals surface area contributed by atoms with Crippen molar-refractivity contribution in [3.8, 4) is 11.4 Å². The second-order valence-electron chi connectivity index (χ2n) is 6.80. The lowest BCUT2D eigenvalue weighted by Crippen LogP contribution is -2.02. The largest absolute Gasteiger partial charge is 0.311 e. The van der Waals surface area contributed by atoms with Gasteiger partial charge in [0.05, 0.1) is 16.9 Å². The van der Waals surface area contributed by atoms with Crippen LogP contribution in [0.25, 0.3) is 16.9 Å². The van der Waals surface area contributed by atoms with E-state index < -0.39 is 0 Å². The molecule has 3 heterocycles. The van der Waals surface area contributed by atoms with Crippen LogP contribution in [-0.2, 0) is 0 Å². The number of rotatable bonds is 2. The van der Waals surface area contributed by atoms with E-state index in [1.165, 1.54) is 27.8 Å². The van der Waals surface area contributed by atoms with Crippen LogP contribution in [-0.4, -0.2) is 15.2 Å². The third kappa shape index (κ3) is 2.27. The standard InChI is InChI=1S/C21H24N2O/c1-11-8-19-18(17(7)24)9-20(23(19)16(6)14(11)4)21-15(5)13(3)12(2)10-22-21/h8-10H,1-7H3. The first kappa shape index (κ1) is 16.4. The van der Waals surface area contributed by atoms with Crippen LogP contribution in [0.4, 0.5) is 0 Å². The van der Waals surface area contributed by atoms with E-state index in [0.717, 1.165) is 28.2 Å². The molecule has 0 atom stereocenters. The minimum atomic E-state index is 0.0860. The predicted molar refractivity (Wildman–Crippen MR) is 99.1 cm³/mol. The lowest BCUT2D eigenvalue weighted by Gasteiger charge is -2.14. The second kappa shape index (κ2) is 5.59. The van der Waals surface area contributed by atoms with E-state index in [-0.39, 0.29) is 5.78 Å². The topological polar surface area (TPSA) is 34.4 Å². The number of hydrogen-bond donors (Lipinski definition) is 0. The summed E-state index contributed by atoms with van der Waals surface area (Å²) >= 11 is 0. The third-order valence-electron chi connectivity index (χ3n) is 5.38. The van der Waals surface area contributed by atoms with Gasteiger partial charge in [0, 0.05) is 17.5 Å². The molecular weight excluding hydrogens is 296 g/mol. The minimum Gasteiger partial charge on any atom is -0.311 e. The summed E-state index contributed by atoms with van der Waals surface area (Å²) < 4.78 is 2.18. The number of pyridine rings is 2. The van der Waals surface area contributed by atoms with E-state index in [1.54, 1.807) is 6.92 Å². The van der Waals surface area contributed by atoms with E-state index in [4.69, 9.17) is 4.98 Å². The van der Waals surface area contributed by atoms with Crippen LogP contribution in [0.1, 0.15) is 50.8 Å². The fraction of sp³-hybridized carbons (Fsp3) is 0.333. The predicted octanol–water partition coefficient (Wildman–Crippen LogP) is 5.05. The first-order valence-corrected chi connectivity index (χ1v) is 8.30. The van der Waals surface area contributed by atoms with Crippen LogP contribution in [0.3, 0.4) is 0 Å². The van der Waals surface area contributed by atoms with Crippen molar-refractivity contribution in [1.29, 1.82) is 0 Å². The Hall–Kier alpha value is -2.42. The zero-order chi connectivity index (χ0) is 17.8. The molecule has 0 saturated carbocycles. The van der Waals surface area contributed by atoms with Crippen LogP contribution in [0, 0.1) is 41.5 Å². The van der Waals surface area contributed by atoms with Gasteiger partial charge in [-0.15, -0.1) is 0 Å². The smallest absolute Gasteiger partial charge is 0.161 e. The Morgan fingerprint density at radius 1 is 0.917 bits per heavy atom. The van der Waals surface area contributed by atoms with E-state index in [9.17, 15) is 4.79 Å². The second-order valence-corrected chi connectivity index (χ2v) is 6.80. The summed E-state index contributed by atoms with van der Waals surface area (Å²) in [6, 6.07) is 4.10. The molecule has 0 amide bonds. The fourth-order valence-electron chi connectivity index (χ4n) is 3.34. The zero-order valence-electron chi connectivity index (χ0n) is 15.5. The summed E-state index contributed by atoms with van der Waals surface area (Å²) in [7, 11) is 0. The molecule has 3 nitrogen and oxygen atoms in total. The normalized spacial score (nSPS) is 11.3. The molecule has 0 radical (unpaired) electrons. The summed E-state index contributed by atoms with van der Waals surface area (Å²) in [6.07, 6.45) is 1.92. The number of carbonyl (C=O) groups is 1. The van der Waals surface area contributed by atoms with E-state index >= 15 is 0 Å². The molecule has 0 fully saturated rings. The van der Waals surface area contributed by atoms with Gasteiger partial charge >= 0.3 is 0 Å². The minimum absolute atomic E-state index is 0.0860. The monoisotopic (exact) mass is 320 g/mol. The van der Waals surface area contributed by atoms with Gasteiger partial charge in [-0.2, -0.15) is 0 Å². The number of aryl methyl sites for hydroxylation is 3. The molecule has 0 unspecified atom stereocenters. The van der Waals surface area contributed by atoms with Crippen molar-refractivity contribution in [2.45, 2.75) is 48.5 Å². The molecule has 0 bridgehead atoms. The molecule has 24 heavy (non-hydrogen) atoms. The number of nitrogens with zero attached hydrogens (tertiary/aromatic N) is 2. The van der Waals surface area contributed by atoms with Crippen molar-refractivity contribution in [1.82, 2.24) is 9.38 Å². The number of ketones is 1. The summed E-state index contributed by atoms with van der Waals surface area (Å²) in [5.41, 5.74) is 10.9. The molecule has 3 aromatic heterocycles. The van der Waals surface area contributed by atoms with Crippen LogP contribution in [0.15, 0.2) is 18.3 Å². The van der Waals surface area contributed by atoms with Crippen molar-refractivity contribution >= 4 is 11.3 Å². The maximum Gasteiger partial charge on any atom is 0.161 e. The van der Waals surface area contributed by atoms with E-state index in [1.807, 2.05) is 12.3 Å². The Kier molecular flexibility index (Phi) is 3.83. The molecule has 0 aromatic carbocycles. The van der Waals surface area contributed by atoms with Crippen molar-refractivity contribution in [3.05, 3.63) is 57.4 Å². The lowest BCUT2D eigenvalue weighted by molar-refractivity contribution is 0.101. The third-order valence-corrected chi connectivity index (χ3v) is 5.38. The van der Waals surface area contributed by atoms with Gasteiger partial charge in [-0.05, 0) is 88.4 Å². The number of fused-ring (bicyclic) bond motifs is 1. The van der Waals surface area contributed by atoms with E-state index in [0.29, 0.717) is 0 Å². The Balaban J connectivity index is 2.48. The molecule has 0 aliphatic heterocycles. The average molecular weight is 320 g/mol. The Bertz CT molecular complexity index is 993. The number of Topliss-reactive ketones (excluding diaryl/α,β-unsaturated/α-hetero) is 1. The number of carbonyl (C=O) groups excluding carboxylic acids is 1. The fourth-order valence-corrected chi connectivity index (χ4v) is 3.34. The molecule has 0 aliphatic carbocycles. The first-order chi connectivity index (χ1) is 11.2. The van der Waals surface area contributed by atoms with Gasteiger partial charge in [-0.25, -0.2) is 0 Å². The van der Waals surface area contributed by atoms with Gasteiger partial charge in [0.2, 0.25) is 0 Å². The Morgan fingerprint density at radius 2 is 1.58 bits per heavy atom. The number of hydrogen-bond acceptors (Lipinski definition) is 2. The zero-order valence-corrected chi connectivity index (χ0v) is 15.5. The molecule has 124 valence electrons. The SMILES string of the molecule is CC(=O)c1cc(-c2ncc(C)c(C)c2C)n2c(C)c(C)c(C)cc12. The van der Waals surface area contributed by atoms with Crippen LogP contribution < -0.4 is 0 Å². The number of aromatic nitrogens is 2. The molecule has 0 saturated heterocycles. The van der Waals surface area contributed by atoms with Crippen LogP contribution in [0.2, 0.25) is 0 Å². The highest BCUT2D eigenvalue weighted by atomic mass is 16.1. The van der Waals surface area contributed by atoms with Crippen LogP contribution >= 0.6 is 0 Å². The molecule has 3 heteroatoms. The van der Waals surface area contributed by atoms with Gasteiger partial charge in [0.1, 0.15) is 0 Å². The maximum absolute atomic E-state index is 12.2. The molecule has 0 aliphatic rings. The van der Waals surface area contributed by atoms with E-state index in [2.05, 4.69) is 52.0 Å². The Morgan fingerprint density at radius 3 is 2.21 bits per heavy atom. The van der Waals surface area contributed by atoms with Crippen molar-refractivity contribution in [2.24, 2.45) is 0 Å². The van der Waals surface area contributed by atoms with Gasteiger partial charge in [-0.1, -0.05) is 0 Å². The van der Waals surface area contributed by atoms with Crippen molar-refractivity contribution in [2.75, 3.05) is 0 Å². The molecule has 0 N–H and O–H groups in total. The molecule has 3 aromatic rings. The summed E-state index contributed by atoms with van der Waals surface area (Å²) in [5.74, 6) is 0.0860. The average Bonchev–Trinajstić information content (AvgIpc) is 2.90. The molecule has 0 spiro atoms. The first-order valence-electron chi connectivity index (χ1n) is 8.30. The van der Waals surface area contributed by atoms with Gasteiger partial charge in [0.25, 0.3) is 0 Å². The molecule has 3 rings (SSSR count). The highest BCUT2D eigenvalue weighted by Gasteiger charge is 2.19. The van der Waals surface area contributed by atoms with Gasteiger partial charge < -0.3 is 4.40 Å². The van der Waals surface area contributed by atoms with Gasteiger partial charge in [-0.3, -0.25) is 9.78 Å². The highest BCUT2D eigenvalue weighted by molar-refractivity contribution is 6.03. The van der Waals surface area contributed by atoms with Crippen LogP contribution in [0.5, 0.6) is 0 Å². The lowest BCUT2D eigenvalue weighted by atomic mass is 10.0. The summed E-state index contributed by atoms with van der Waals surface area (Å²) in [4.78, 5) is 16.9. The maximum atomic E-state index is 12.2. The quantitative estimate of drug-likeness (QED) is 0.619. The summed E-state index contributed by atoms with van der Waals surface area (Å²) in [6.45, 7) is 14.3.